The van der Waals surface area contributed by atoms with Gasteiger partial charge < -0.3 is 5.32 Å². The van der Waals surface area contributed by atoms with Gasteiger partial charge in [0.2, 0.25) is 5.91 Å². The molecule has 1 atom stereocenters. The predicted octanol–water partition coefficient (Wildman–Crippen LogP) is 4.49. The second-order valence-electron chi connectivity index (χ2n) is 7.24. The van der Waals surface area contributed by atoms with Crippen molar-refractivity contribution in [1.82, 2.24) is 14.9 Å². The van der Waals surface area contributed by atoms with Crippen LogP contribution in [0.15, 0.2) is 28.2 Å². The van der Waals surface area contributed by atoms with Crippen LogP contribution in [0.5, 0.6) is 0 Å². The van der Waals surface area contributed by atoms with Crippen molar-refractivity contribution in [2.45, 2.75) is 64.7 Å². The van der Waals surface area contributed by atoms with Crippen molar-refractivity contribution in [3.8, 4) is 0 Å². The molecule has 0 aliphatic rings. The molecule has 0 radical (unpaired) electrons. The highest BCUT2D eigenvalue weighted by atomic mass is 35.5. The number of benzene rings is 1. The van der Waals surface area contributed by atoms with Crippen molar-refractivity contribution in [3.63, 3.8) is 0 Å². The van der Waals surface area contributed by atoms with E-state index in [-0.39, 0.29) is 23.3 Å². The first-order valence-corrected chi connectivity index (χ1v) is 10.8. The number of thioether (sulfide) groups is 1. The van der Waals surface area contributed by atoms with Crippen molar-refractivity contribution < 1.29 is 4.79 Å². The minimum absolute atomic E-state index is 0.0419. The van der Waals surface area contributed by atoms with E-state index >= 15 is 0 Å². The largest absolute Gasteiger partial charge is 0.353 e. The number of hydrogen-bond acceptors (Lipinski definition) is 4. The maximum absolute atomic E-state index is 12.8. The van der Waals surface area contributed by atoms with Gasteiger partial charge in [-0.1, -0.05) is 44.1 Å². The molecule has 2 rings (SSSR count). The molecular formula is C20H28ClN3O2S. The number of hydrogen-bond donors (Lipinski definition) is 1. The number of carbonyl (C=O) groups is 1. The topological polar surface area (TPSA) is 64.0 Å². The van der Waals surface area contributed by atoms with Gasteiger partial charge in [0.25, 0.3) is 5.56 Å². The third-order valence-electron chi connectivity index (χ3n) is 4.25. The Morgan fingerprint density at radius 1 is 1.30 bits per heavy atom. The van der Waals surface area contributed by atoms with Crippen molar-refractivity contribution >= 4 is 40.2 Å². The molecule has 148 valence electrons. The summed E-state index contributed by atoms with van der Waals surface area (Å²) in [7, 11) is 0. The SMILES string of the molecule is CCCn1c(SCC(=O)N[C@H](C)CCC(C)C)nc2cc(Cl)ccc2c1=O. The first-order valence-electron chi connectivity index (χ1n) is 9.44. The average Bonchev–Trinajstić information content (AvgIpc) is 2.60. The maximum atomic E-state index is 12.8. The Hall–Kier alpha value is -1.53. The van der Waals surface area contributed by atoms with Gasteiger partial charge in [-0.3, -0.25) is 14.2 Å². The van der Waals surface area contributed by atoms with Crippen LogP contribution >= 0.6 is 23.4 Å². The molecule has 27 heavy (non-hydrogen) atoms. The second-order valence-corrected chi connectivity index (χ2v) is 8.62. The van der Waals surface area contributed by atoms with Crippen LogP contribution in [0.3, 0.4) is 0 Å². The van der Waals surface area contributed by atoms with Gasteiger partial charge in [-0.05, 0) is 50.3 Å². The zero-order valence-corrected chi connectivity index (χ0v) is 18.0. The van der Waals surface area contributed by atoms with E-state index in [4.69, 9.17) is 11.6 Å². The Labute approximate surface area is 169 Å². The molecule has 0 saturated heterocycles. The zero-order valence-electron chi connectivity index (χ0n) is 16.4. The number of rotatable bonds is 9. The lowest BCUT2D eigenvalue weighted by atomic mass is 10.0. The summed E-state index contributed by atoms with van der Waals surface area (Å²) < 4.78 is 1.65. The number of aromatic nitrogens is 2. The Balaban J connectivity index is 2.13. The van der Waals surface area contributed by atoms with Gasteiger partial charge in [0.15, 0.2) is 5.16 Å². The summed E-state index contributed by atoms with van der Waals surface area (Å²) in [6.45, 7) is 8.95. The molecule has 1 N–H and O–H groups in total. The van der Waals surface area contributed by atoms with E-state index in [1.807, 2.05) is 13.8 Å². The molecule has 0 unspecified atom stereocenters. The van der Waals surface area contributed by atoms with Gasteiger partial charge in [-0.25, -0.2) is 4.98 Å². The van der Waals surface area contributed by atoms with Gasteiger partial charge in [0.05, 0.1) is 16.7 Å². The Kier molecular flexibility index (Phi) is 8.17. The molecule has 7 heteroatoms. The van der Waals surface area contributed by atoms with Crippen LogP contribution in [0, 0.1) is 5.92 Å². The van der Waals surface area contributed by atoms with Crippen LogP contribution in [0.2, 0.25) is 5.02 Å². The summed E-state index contributed by atoms with van der Waals surface area (Å²) >= 11 is 7.33. The van der Waals surface area contributed by atoms with E-state index in [2.05, 4.69) is 24.1 Å². The molecule has 0 spiro atoms. The fraction of sp³-hybridized carbons (Fsp3) is 0.550. The van der Waals surface area contributed by atoms with Gasteiger partial charge in [0.1, 0.15) is 0 Å². The minimum Gasteiger partial charge on any atom is -0.353 e. The smallest absolute Gasteiger partial charge is 0.262 e. The number of nitrogens with zero attached hydrogens (tertiary/aromatic N) is 2. The van der Waals surface area contributed by atoms with Crippen molar-refractivity contribution in [1.29, 1.82) is 0 Å². The van der Waals surface area contributed by atoms with Gasteiger partial charge in [-0.15, -0.1) is 0 Å². The van der Waals surface area contributed by atoms with Crippen LogP contribution in [0.1, 0.15) is 47.0 Å². The lowest BCUT2D eigenvalue weighted by molar-refractivity contribution is -0.119. The lowest BCUT2D eigenvalue weighted by Gasteiger charge is -2.16. The second kappa shape index (κ2) is 10.1. The van der Waals surface area contributed by atoms with Crippen LogP contribution in [0.25, 0.3) is 10.9 Å². The van der Waals surface area contributed by atoms with Crippen molar-refractivity contribution in [2.75, 3.05) is 5.75 Å². The Morgan fingerprint density at radius 2 is 2.04 bits per heavy atom. The molecule has 1 aromatic carbocycles. The molecule has 0 aliphatic carbocycles. The number of halogens is 1. The van der Waals surface area contributed by atoms with Gasteiger partial charge in [0, 0.05) is 17.6 Å². The van der Waals surface area contributed by atoms with Crippen LogP contribution in [-0.2, 0) is 11.3 Å². The minimum atomic E-state index is -0.0910. The van der Waals surface area contributed by atoms with Crippen LogP contribution in [0.4, 0.5) is 0 Å². The summed E-state index contributed by atoms with van der Waals surface area (Å²) in [5, 5.41) is 4.66. The molecular weight excluding hydrogens is 382 g/mol. The van der Waals surface area contributed by atoms with Crippen molar-refractivity contribution in [3.05, 3.63) is 33.6 Å². The zero-order chi connectivity index (χ0) is 20.0. The third-order valence-corrected chi connectivity index (χ3v) is 5.46. The molecule has 0 bridgehead atoms. The highest BCUT2D eigenvalue weighted by Crippen LogP contribution is 2.20. The third kappa shape index (κ3) is 6.25. The summed E-state index contributed by atoms with van der Waals surface area (Å²) in [5.41, 5.74) is 0.472. The Morgan fingerprint density at radius 3 is 2.70 bits per heavy atom. The molecule has 2 aromatic rings. The highest BCUT2D eigenvalue weighted by molar-refractivity contribution is 7.99. The quantitative estimate of drug-likeness (QED) is 0.489. The summed E-state index contributed by atoms with van der Waals surface area (Å²) in [4.78, 5) is 29.7. The number of fused-ring (bicyclic) bond motifs is 1. The summed E-state index contributed by atoms with van der Waals surface area (Å²) in [5.74, 6) is 0.810. The maximum Gasteiger partial charge on any atom is 0.262 e. The van der Waals surface area contributed by atoms with E-state index in [9.17, 15) is 9.59 Å². The standard InChI is InChI=1S/C20H28ClN3O2S/c1-5-10-24-19(26)16-9-8-15(21)11-17(16)23-20(24)27-12-18(25)22-14(4)7-6-13(2)3/h8-9,11,13-14H,5-7,10,12H2,1-4H3,(H,22,25)/t14-/m1/s1. The summed E-state index contributed by atoms with van der Waals surface area (Å²) in [6.07, 6.45) is 2.85. The molecule has 0 aliphatic heterocycles. The van der Waals surface area contributed by atoms with E-state index < -0.39 is 0 Å². The first-order chi connectivity index (χ1) is 12.8. The number of carbonyl (C=O) groups excluding carboxylic acids is 1. The van der Waals surface area contributed by atoms with Gasteiger partial charge in [-0.2, -0.15) is 0 Å². The molecule has 1 aromatic heterocycles. The lowest BCUT2D eigenvalue weighted by Crippen LogP contribution is -2.34. The van der Waals surface area contributed by atoms with Gasteiger partial charge >= 0.3 is 0 Å². The number of nitrogens with one attached hydrogen (secondary N) is 1. The normalized spacial score (nSPS) is 12.5. The summed E-state index contributed by atoms with van der Waals surface area (Å²) in [6, 6.07) is 5.23. The first kappa shape index (κ1) is 21.8. The highest BCUT2D eigenvalue weighted by Gasteiger charge is 2.14. The van der Waals surface area contributed by atoms with E-state index in [0.717, 1.165) is 19.3 Å². The fourth-order valence-corrected chi connectivity index (χ4v) is 3.81. The monoisotopic (exact) mass is 409 g/mol. The molecule has 0 saturated carbocycles. The van der Waals surface area contributed by atoms with Crippen LogP contribution in [-0.4, -0.2) is 27.3 Å². The Bertz CT molecular complexity index is 851. The molecule has 5 nitrogen and oxygen atoms in total. The predicted molar refractivity (Wildman–Crippen MR) is 114 cm³/mol. The van der Waals surface area contributed by atoms with Crippen LogP contribution < -0.4 is 10.9 Å². The van der Waals surface area contributed by atoms with E-state index in [1.165, 1.54) is 11.8 Å². The van der Waals surface area contributed by atoms with E-state index in [0.29, 0.717) is 33.5 Å². The van der Waals surface area contributed by atoms with E-state index in [1.54, 1.807) is 22.8 Å². The number of amides is 1. The molecule has 1 heterocycles. The fourth-order valence-electron chi connectivity index (χ4n) is 2.81. The molecule has 0 fully saturated rings. The van der Waals surface area contributed by atoms with Crippen molar-refractivity contribution in [2.24, 2.45) is 5.92 Å². The average molecular weight is 410 g/mol. The molecule has 1 amide bonds.